The quantitative estimate of drug-likeness (QED) is 0.152. The minimum Gasteiger partial charge on any atom is -0.345 e. The van der Waals surface area contributed by atoms with Gasteiger partial charge in [0, 0.05) is 73.2 Å². The monoisotopic (exact) mass is 1390 g/mol. The zero-order chi connectivity index (χ0) is 73.0. The summed E-state index contributed by atoms with van der Waals surface area (Å²) in [6.45, 7) is 10.8. The number of likely N-dealkylation sites (tertiary alicyclic amines) is 1. The highest BCUT2D eigenvalue weighted by Gasteiger charge is 2.42. The summed E-state index contributed by atoms with van der Waals surface area (Å²) in [6.07, 6.45) is -4.14. The Morgan fingerprint density at radius 3 is 1.65 bits per heavy atom. The Morgan fingerprint density at radius 2 is 1.08 bits per heavy atom. The molecule has 5 N–H and O–H groups in total. The van der Waals surface area contributed by atoms with Crippen LogP contribution >= 0.6 is 11.6 Å². The molecule has 28 heteroatoms. The minimum atomic E-state index is -4.65. The predicted octanol–water partition coefficient (Wildman–Crippen LogP) is 4.24. The van der Waals surface area contributed by atoms with E-state index in [2.05, 4.69) is 26.6 Å². The Morgan fingerprint density at radius 1 is 0.541 bits per heavy atom. The summed E-state index contributed by atoms with van der Waals surface area (Å²) in [4.78, 5) is 183. The van der Waals surface area contributed by atoms with E-state index in [1.54, 1.807) is 82.3 Å². The van der Waals surface area contributed by atoms with Gasteiger partial charge in [-0.25, -0.2) is 0 Å². The predicted molar refractivity (Wildman–Crippen MR) is 362 cm³/mol. The molecule has 0 bridgehead atoms. The average molecular weight is 1390 g/mol. The first-order valence-corrected chi connectivity index (χ1v) is 33.6. The summed E-state index contributed by atoms with van der Waals surface area (Å²) in [5.41, 5.74) is 0.585. The number of hydrogen-bond donors (Lipinski definition) is 5. The minimum absolute atomic E-state index is 0.0177. The van der Waals surface area contributed by atoms with Crippen LogP contribution in [-0.2, 0) is 83.0 Å². The zero-order valence-electron chi connectivity index (χ0n) is 58.5. The van der Waals surface area contributed by atoms with Crippen LogP contribution in [0.3, 0.4) is 0 Å². The van der Waals surface area contributed by atoms with Crippen LogP contribution in [0.25, 0.3) is 0 Å². The molecule has 0 saturated carbocycles. The first-order valence-electron chi connectivity index (χ1n) is 33.3. The Balaban J connectivity index is 1.62. The summed E-state index contributed by atoms with van der Waals surface area (Å²) < 4.78 is 41.1. The molecule has 2 heterocycles. The second-order valence-corrected chi connectivity index (χ2v) is 27.2. The van der Waals surface area contributed by atoms with Gasteiger partial charge in [-0.2, -0.15) is 13.2 Å². The highest BCUT2D eigenvalue weighted by atomic mass is 35.5. The molecular formula is C70H98ClF3N12O12. The van der Waals surface area contributed by atoms with Gasteiger partial charge < -0.3 is 60.9 Å². The fraction of sp³-hybridized carbons (Fsp3) is 0.571. The van der Waals surface area contributed by atoms with E-state index >= 15 is 9.59 Å². The van der Waals surface area contributed by atoms with E-state index in [0.29, 0.717) is 54.1 Å². The first kappa shape index (κ1) is 80.1. The van der Waals surface area contributed by atoms with Gasteiger partial charge in [0.25, 0.3) is 0 Å². The standard InChI is InChI=1S/C70H98ClF3N12O12/c1-14-44(6)61-69(98)82(10)40-59(89)80(8)41-60(90)83(11)55(37-48-24-29-50(71)30-25-48)67(96)81(9)39-58(88)76-51(31-26-46-22-27-49(28-23-46)70(72,73)74)63(92)77-52(34-42(2)3)65(94)85(13)56(36-47-20-16-15-17-21-47)68(97)84(12)54(35-43(4)5)64(93)78-53(66(95)86-32-18-19-33-86)38-57(87)75-45(7)62(91)79-61/h15-17,20-25,27-30,42-45,51-56,61H,14,18-19,26,31-41H2,1-13H3,(H,75,87)(H,76,88)(H,77,92)(H,78,93)(H,79,91)/t44-,45-,51-,52-,53-,54-,55-,56-,61-/m0/s1. The lowest BCUT2D eigenvalue weighted by atomic mass is 9.97. The molecule has 0 unspecified atom stereocenters. The van der Waals surface area contributed by atoms with Crippen LogP contribution < -0.4 is 26.6 Å². The fourth-order valence-electron chi connectivity index (χ4n) is 11.7. The normalized spacial score (nSPS) is 23.6. The maximum Gasteiger partial charge on any atom is 0.416 e. The highest BCUT2D eigenvalue weighted by Crippen LogP contribution is 2.30. The number of nitrogens with one attached hydrogen (secondary N) is 5. The lowest BCUT2D eigenvalue weighted by molar-refractivity contribution is -0.150. The van der Waals surface area contributed by atoms with Crippen LogP contribution in [0.1, 0.15) is 116 Å². The van der Waals surface area contributed by atoms with Crippen molar-refractivity contribution in [3.05, 3.63) is 106 Å². The number of carbonyl (C=O) groups excluding carboxylic acids is 12. The molecule has 3 aromatic carbocycles. The van der Waals surface area contributed by atoms with E-state index in [1.165, 1.54) is 76.0 Å². The molecule has 0 aliphatic carbocycles. The Kier molecular flexibility index (Phi) is 30.1. The topological polar surface area (TPSA) is 288 Å². The Bertz CT molecular complexity index is 3280. The molecule has 2 saturated heterocycles. The first-order chi connectivity index (χ1) is 46.0. The summed E-state index contributed by atoms with van der Waals surface area (Å²) in [6, 6.07) is 8.37. The van der Waals surface area contributed by atoms with E-state index in [1.807, 2.05) is 13.8 Å². The lowest BCUT2D eigenvalue weighted by Gasteiger charge is -2.37. The molecule has 0 aromatic heterocycles. The maximum atomic E-state index is 15.4. The summed E-state index contributed by atoms with van der Waals surface area (Å²) >= 11 is 6.21. The number of amides is 12. The third-order valence-corrected chi connectivity index (χ3v) is 18.2. The van der Waals surface area contributed by atoms with Gasteiger partial charge in [0.15, 0.2) is 0 Å². The van der Waals surface area contributed by atoms with Crippen LogP contribution in [0.4, 0.5) is 13.2 Å². The van der Waals surface area contributed by atoms with Crippen LogP contribution in [0.15, 0.2) is 78.9 Å². The van der Waals surface area contributed by atoms with Crippen molar-refractivity contribution in [1.29, 1.82) is 0 Å². The molecule has 98 heavy (non-hydrogen) atoms. The number of likely N-dealkylation sites (N-methyl/N-ethyl adjacent to an activating group) is 6. The number of nitrogens with zero attached hydrogens (tertiary/aromatic N) is 7. The number of benzene rings is 3. The van der Waals surface area contributed by atoms with Crippen molar-refractivity contribution in [3.63, 3.8) is 0 Å². The molecule has 538 valence electrons. The number of halogens is 4. The fourth-order valence-corrected chi connectivity index (χ4v) is 11.8. The van der Waals surface area contributed by atoms with E-state index in [0.717, 1.165) is 31.7 Å². The Labute approximate surface area is 577 Å². The van der Waals surface area contributed by atoms with Crippen molar-refractivity contribution < 1.29 is 70.7 Å². The van der Waals surface area contributed by atoms with E-state index in [9.17, 15) is 61.1 Å². The average Bonchev–Trinajstić information content (AvgIpc) is 0.933. The van der Waals surface area contributed by atoms with Gasteiger partial charge in [-0.05, 0) is 104 Å². The number of carbonyl (C=O) groups is 12. The van der Waals surface area contributed by atoms with Crippen LogP contribution in [0, 0.1) is 17.8 Å². The smallest absolute Gasteiger partial charge is 0.345 e. The highest BCUT2D eigenvalue weighted by molar-refractivity contribution is 6.30. The molecule has 2 fully saturated rings. The van der Waals surface area contributed by atoms with Crippen LogP contribution in [-0.4, -0.2) is 229 Å². The maximum absolute atomic E-state index is 15.4. The summed E-state index contributed by atoms with van der Waals surface area (Å²) in [5.74, 6) is -10.2. The number of hydrogen-bond acceptors (Lipinski definition) is 12. The third-order valence-electron chi connectivity index (χ3n) is 17.9. The van der Waals surface area contributed by atoms with Crippen LogP contribution in [0.5, 0.6) is 0 Å². The molecule has 3 aromatic rings. The summed E-state index contributed by atoms with van der Waals surface area (Å²) in [7, 11) is 8.03. The van der Waals surface area contributed by atoms with Crippen molar-refractivity contribution in [2.45, 2.75) is 167 Å². The van der Waals surface area contributed by atoms with E-state index in [-0.39, 0.29) is 50.4 Å². The molecule has 5 rings (SSSR count). The number of alkyl halides is 3. The SMILES string of the molecule is CC[C@H](C)[C@@H]1NC(=O)[C@H](C)NC(=O)C[C@@H](C(=O)N2CCCC2)NC(=O)[C@H](CC(C)C)N(C)C(=O)[C@H](Cc2ccccc2)N(C)C(=O)[C@H](CC(C)C)NC(=O)[C@H](CCc2ccc(C(F)(F)F)cc2)NC(=O)CN(C)C(=O)[C@H](Cc2ccc(Cl)cc2)N(C)C(=O)CN(C)C(=O)CN(C)C1=O. The lowest BCUT2D eigenvalue weighted by Crippen LogP contribution is -2.61. The third kappa shape index (κ3) is 23.3. The van der Waals surface area contributed by atoms with Crippen molar-refractivity contribution in [1.82, 2.24) is 60.9 Å². The van der Waals surface area contributed by atoms with Crippen molar-refractivity contribution >= 4 is 82.5 Å². The number of aryl methyl sites for hydroxylation is 1. The van der Waals surface area contributed by atoms with Gasteiger partial charge in [0.1, 0.15) is 48.3 Å². The van der Waals surface area contributed by atoms with Crippen molar-refractivity contribution in [2.24, 2.45) is 17.8 Å². The molecule has 24 nitrogen and oxygen atoms in total. The largest absolute Gasteiger partial charge is 0.416 e. The Hall–Kier alpha value is -8.62. The van der Waals surface area contributed by atoms with Crippen LogP contribution in [0.2, 0.25) is 5.02 Å². The molecule has 2 aliphatic heterocycles. The van der Waals surface area contributed by atoms with Gasteiger partial charge >= 0.3 is 6.18 Å². The van der Waals surface area contributed by atoms with Gasteiger partial charge in [-0.1, -0.05) is 114 Å². The molecule has 9 atom stereocenters. The molecule has 0 radical (unpaired) electrons. The molecule has 12 amide bonds. The van der Waals surface area contributed by atoms with Gasteiger partial charge in [-0.15, -0.1) is 0 Å². The molecular weight excluding hydrogens is 1290 g/mol. The van der Waals surface area contributed by atoms with Gasteiger partial charge in [-0.3, -0.25) is 57.5 Å². The van der Waals surface area contributed by atoms with Gasteiger partial charge in [0.2, 0.25) is 70.9 Å². The second-order valence-electron chi connectivity index (χ2n) is 26.7. The second kappa shape index (κ2) is 36.8. The summed E-state index contributed by atoms with van der Waals surface area (Å²) in [5, 5.41) is 13.9. The van der Waals surface area contributed by atoms with E-state index < -0.39 is 163 Å². The van der Waals surface area contributed by atoms with Gasteiger partial charge in [0.05, 0.1) is 31.6 Å². The van der Waals surface area contributed by atoms with Crippen molar-refractivity contribution in [2.75, 3.05) is 75.0 Å². The molecule has 0 spiro atoms. The zero-order valence-corrected chi connectivity index (χ0v) is 59.3. The van der Waals surface area contributed by atoms with Crippen molar-refractivity contribution in [3.8, 4) is 0 Å². The molecule has 2 aliphatic rings. The number of rotatable bonds is 14. The van der Waals surface area contributed by atoms with E-state index in [4.69, 9.17) is 11.6 Å².